The Labute approximate surface area is 84.5 Å². The lowest BCUT2D eigenvalue weighted by molar-refractivity contribution is -0.144. The molecule has 1 rings (SSSR count). The molecule has 1 aliphatic rings. The Bertz CT molecular complexity index is 181. The zero-order chi connectivity index (χ0) is 10.4. The van der Waals surface area contributed by atoms with E-state index in [2.05, 4.69) is 0 Å². The lowest BCUT2D eigenvalue weighted by Gasteiger charge is -2.15. The van der Waals surface area contributed by atoms with E-state index in [-0.39, 0.29) is 12.3 Å². The molecular formula is C10H18O4. The maximum Gasteiger partial charge on any atom is 0.305 e. The van der Waals surface area contributed by atoms with Gasteiger partial charge in [0, 0.05) is 19.4 Å². The Morgan fingerprint density at radius 1 is 1.57 bits per heavy atom. The van der Waals surface area contributed by atoms with Gasteiger partial charge in [0.1, 0.15) is 0 Å². The monoisotopic (exact) mass is 202 g/mol. The molecule has 0 aromatic carbocycles. The Kier molecular flexibility index (Phi) is 4.90. The molecule has 1 heterocycles. The largest absolute Gasteiger partial charge is 0.466 e. The smallest absolute Gasteiger partial charge is 0.305 e. The topological polar surface area (TPSA) is 44.8 Å². The Balaban J connectivity index is 2.20. The molecule has 4 heteroatoms. The third kappa shape index (κ3) is 3.27. The molecule has 4 nitrogen and oxygen atoms in total. The number of methoxy groups -OCH3 is 1. The number of carbonyl (C=O) groups is 1. The Hall–Kier alpha value is -0.610. The van der Waals surface area contributed by atoms with Gasteiger partial charge in [-0.2, -0.15) is 0 Å². The fraction of sp³-hybridized carbons (Fsp3) is 0.900. The first kappa shape index (κ1) is 11.5. The number of esters is 1. The van der Waals surface area contributed by atoms with Crippen molar-refractivity contribution in [2.75, 3.05) is 20.3 Å². The number of carbonyl (C=O) groups excluding carboxylic acids is 1. The normalized spacial score (nSPS) is 26.4. The van der Waals surface area contributed by atoms with E-state index in [0.717, 1.165) is 19.4 Å². The molecule has 1 fully saturated rings. The van der Waals surface area contributed by atoms with Crippen molar-refractivity contribution >= 4 is 5.97 Å². The van der Waals surface area contributed by atoms with Gasteiger partial charge < -0.3 is 14.2 Å². The molecule has 0 aromatic rings. The molecule has 2 atom stereocenters. The highest BCUT2D eigenvalue weighted by atomic mass is 16.7. The summed E-state index contributed by atoms with van der Waals surface area (Å²) in [5, 5.41) is 0. The summed E-state index contributed by atoms with van der Waals surface area (Å²) in [6.45, 7) is 2.99. The van der Waals surface area contributed by atoms with Gasteiger partial charge in [-0.3, -0.25) is 4.79 Å². The minimum Gasteiger partial charge on any atom is -0.466 e. The maximum absolute atomic E-state index is 11.1. The van der Waals surface area contributed by atoms with Crippen LogP contribution in [0.3, 0.4) is 0 Å². The maximum atomic E-state index is 11.1. The highest BCUT2D eigenvalue weighted by Gasteiger charge is 2.28. The summed E-state index contributed by atoms with van der Waals surface area (Å²) in [6, 6.07) is 0. The van der Waals surface area contributed by atoms with Gasteiger partial charge in [-0.25, -0.2) is 0 Å². The van der Waals surface area contributed by atoms with E-state index in [1.54, 1.807) is 7.11 Å². The summed E-state index contributed by atoms with van der Waals surface area (Å²) in [4.78, 5) is 11.1. The first-order valence-corrected chi connectivity index (χ1v) is 5.08. The molecule has 0 aromatic heterocycles. The molecule has 0 saturated carbocycles. The average Bonchev–Trinajstić information content (AvgIpc) is 2.62. The fourth-order valence-corrected chi connectivity index (χ4v) is 1.69. The van der Waals surface area contributed by atoms with E-state index in [1.807, 2.05) is 6.92 Å². The number of ether oxygens (including phenoxy) is 3. The van der Waals surface area contributed by atoms with Crippen molar-refractivity contribution in [3.05, 3.63) is 0 Å². The highest BCUT2D eigenvalue weighted by molar-refractivity contribution is 5.69. The van der Waals surface area contributed by atoms with Gasteiger partial charge in [-0.1, -0.05) is 0 Å². The molecule has 1 saturated heterocycles. The van der Waals surface area contributed by atoms with Gasteiger partial charge in [0.05, 0.1) is 13.2 Å². The van der Waals surface area contributed by atoms with Crippen LogP contribution in [-0.4, -0.2) is 32.6 Å². The van der Waals surface area contributed by atoms with Crippen LogP contribution < -0.4 is 0 Å². The SMILES string of the molecule is CCOC(=O)CC[C@@H]1CCOC1OC. The van der Waals surface area contributed by atoms with Crippen molar-refractivity contribution in [1.29, 1.82) is 0 Å². The van der Waals surface area contributed by atoms with Crippen LogP contribution in [0.25, 0.3) is 0 Å². The van der Waals surface area contributed by atoms with Crippen LogP contribution in [0.2, 0.25) is 0 Å². The van der Waals surface area contributed by atoms with Crippen molar-refractivity contribution in [3.63, 3.8) is 0 Å². The molecule has 0 bridgehead atoms. The molecule has 0 amide bonds. The van der Waals surface area contributed by atoms with Crippen molar-refractivity contribution in [2.24, 2.45) is 5.92 Å². The average molecular weight is 202 g/mol. The van der Waals surface area contributed by atoms with Crippen LogP contribution in [0.15, 0.2) is 0 Å². The molecule has 14 heavy (non-hydrogen) atoms. The number of hydrogen-bond acceptors (Lipinski definition) is 4. The van der Waals surface area contributed by atoms with Gasteiger partial charge >= 0.3 is 5.97 Å². The van der Waals surface area contributed by atoms with E-state index in [1.165, 1.54) is 0 Å². The van der Waals surface area contributed by atoms with Crippen molar-refractivity contribution in [3.8, 4) is 0 Å². The number of hydrogen-bond donors (Lipinski definition) is 0. The standard InChI is InChI=1S/C10H18O4/c1-3-13-9(11)5-4-8-6-7-14-10(8)12-2/h8,10H,3-7H2,1-2H3/t8-,10?/m1/s1. The van der Waals surface area contributed by atoms with E-state index in [4.69, 9.17) is 14.2 Å². The molecule has 1 aliphatic heterocycles. The van der Waals surface area contributed by atoms with E-state index in [0.29, 0.717) is 18.9 Å². The van der Waals surface area contributed by atoms with Crippen LogP contribution in [0.4, 0.5) is 0 Å². The van der Waals surface area contributed by atoms with Crippen LogP contribution in [0, 0.1) is 5.92 Å². The lowest BCUT2D eigenvalue weighted by Crippen LogP contribution is -2.19. The predicted molar refractivity (Wildman–Crippen MR) is 50.7 cm³/mol. The molecule has 0 N–H and O–H groups in total. The van der Waals surface area contributed by atoms with Gasteiger partial charge in [-0.15, -0.1) is 0 Å². The van der Waals surface area contributed by atoms with Crippen molar-refractivity contribution in [1.82, 2.24) is 0 Å². The second-order valence-corrected chi connectivity index (χ2v) is 3.37. The van der Waals surface area contributed by atoms with Crippen LogP contribution >= 0.6 is 0 Å². The van der Waals surface area contributed by atoms with Gasteiger partial charge in [-0.05, 0) is 19.8 Å². The zero-order valence-corrected chi connectivity index (χ0v) is 8.82. The fourth-order valence-electron chi connectivity index (χ4n) is 1.69. The second-order valence-electron chi connectivity index (χ2n) is 3.37. The molecule has 0 aliphatic carbocycles. The Morgan fingerprint density at radius 3 is 3.00 bits per heavy atom. The molecule has 82 valence electrons. The third-order valence-electron chi connectivity index (χ3n) is 2.41. The predicted octanol–water partition coefficient (Wildman–Crippen LogP) is 1.34. The number of rotatable bonds is 5. The minimum absolute atomic E-state index is 0.130. The molecule has 1 unspecified atom stereocenters. The van der Waals surface area contributed by atoms with Crippen LogP contribution in [-0.2, 0) is 19.0 Å². The quantitative estimate of drug-likeness (QED) is 0.631. The summed E-state index contributed by atoms with van der Waals surface area (Å²) in [5.74, 6) is 0.207. The zero-order valence-electron chi connectivity index (χ0n) is 8.82. The van der Waals surface area contributed by atoms with Crippen LogP contribution in [0.5, 0.6) is 0 Å². The summed E-state index contributed by atoms with van der Waals surface area (Å²) < 4.78 is 15.3. The Morgan fingerprint density at radius 2 is 2.36 bits per heavy atom. The molecule has 0 radical (unpaired) electrons. The van der Waals surface area contributed by atoms with Gasteiger partial charge in [0.25, 0.3) is 0 Å². The first-order valence-electron chi connectivity index (χ1n) is 5.08. The molecule has 0 spiro atoms. The highest BCUT2D eigenvalue weighted by Crippen LogP contribution is 2.25. The second kappa shape index (κ2) is 5.98. The summed E-state index contributed by atoms with van der Waals surface area (Å²) in [6.07, 6.45) is 2.08. The van der Waals surface area contributed by atoms with E-state index < -0.39 is 0 Å². The lowest BCUT2D eigenvalue weighted by atomic mass is 10.0. The third-order valence-corrected chi connectivity index (χ3v) is 2.41. The molecular weight excluding hydrogens is 184 g/mol. The van der Waals surface area contributed by atoms with Crippen molar-refractivity contribution < 1.29 is 19.0 Å². The van der Waals surface area contributed by atoms with E-state index >= 15 is 0 Å². The summed E-state index contributed by atoms with van der Waals surface area (Å²) in [5.41, 5.74) is 0. The van der Waals surface area contributed by atoms with Gasteiger partial charge in [0.2, 0.25) is 0 Å². The summed E-state index contributed by atoms with van der Waals surface area (Å²) >= 11 is 0. The first-order chi connectivity index (χ1) is 6.77. The van der Waals surface area contributed by atoms with E-state index in [9.17, 15) is 4.79 Å². The van der Waals surface area contributed by atoms with Gasteiger partial charge in [0.15, 0.2) is 6.29 Å². The van der Waals surface area contributed by atoms with Crippen molar-refractivity contribution in [2.45, 2.75) is 32.5 Å². The van der Waals surface area contributed by atoms with Crippen LogP contribution in [0.1, 0.15) is 26.2 Å². The summed E-state index contributed by atoms with van der Waals surface area (Å²) in [7, 11) is 1.63. The minimum atomic E-state index is -0.135.